The summed E-state index contributed by atoms with van der Waals surface area (Å²) in [5, 5.41) is 3.06. The molecule has 0 heterocycles. The van der Waals surface area contributed by atoms with Crippen LogP contribution in [-0.2, 0) is 14.8 Å². The minimum Gasteiger partial charge on any atom is -0.496 e. The van der Waals surface area contributed by atoms with Gasteiger partial charge in [-0.05, 0) is 28.1 Å². The molecule has 21 heavy (non-hydrogen) atoms. The van der Waals surface area contributed by atoms with E-state index in [9.17, 15) is 8.42 Å². The summed E-state index contributed by atoms with van der Waals surface area (Å²) in [5.41, 5.74) is 0. The molecule has 122 valence electrons. The number of hydrogen-bond donors (Lipinski definition) is 2. The van der Waals surface area contributed by atoms with Crippen LogP contribution in [0.25, 0.3) is 0 Å². The zero-order chi connectivity index (χ0) is 15.0. The zero-order valence-corrected chi connectivity index (χ0v) is 15.1. The van der Waals surface area contributed by atoms with Gasteiger partial charge in [-0.1, -0.05) is 0 Å². The van der Waals surface area contributed by atoms with Gasteiger partial charge < -0.3 is 14.8 Å². The van der Waals surface area contributed by atoms with Gasteiger partial charge in [0.05, 0.1) is 23.1 Å². The molecule has 0 aliphatic rings. The van der Waals surface area contributed by atoms with Gasteiger partial charge in [0.1, 0.15) is 5.75 Å². The summed E-state index contributed by atoms with van der Waals surface area (Å²) in [6.07, 6.45) is 0. The van der Waals surface area contributed by atoms with Crippen LogP contribution in [0.3, 0.4) is 0 Å². The lowest BCUT2D eigenvalue weighted by molar-refractivity contribution is 0.199. The number of sulfonamides is 1. The van der Waals surface area contributed by atoms with Gasteiger partial charge in [-0.3, -0.25) is 0 Å². The second-order valence-electron chi connectivity index (χ2n) is 3.94. The molecule has 0 spiro atoms. The molecule has 2 N–H and O–H groups in total. The molecule has 9 heteroatoms. The lowest BCUT2D eigenvalue weighted by Crippen LogP contribution is -2.33. The molecular weight excluding hydrogens is 384 g/mol. The van der Waals surface area contributed by atoms with Crippen LogP contribution in [0, 0.1) is 0 Å². The molecule has 0 atom stereocenters. The van der Waals surface area contributed by atoms with Crippen LogP contribution in [0.1, 0.15) is 0 Å². The van der Waals surface area contributed by atoms with Crippen molar-refractivity contribution in [3.05, 3.63) is 22.7 Å². The highest BCUT2D eigenvalue weighted by Crippen LogP contribution is 2.27. The minimum absolute atomic E-state index is 0. The highest BCUT2D eigenvalue weighted by atomic mass is 79.9. The largest absolute Gasteiger partial charge is 0.496 e. The molecule has 1 aromatic rings. The SMILES string of the molecule is COCCNCCNS(=O)(=O)c1ccc(Br)c(OC)c1.Cl. The number of ether oxygens (including phenoxy) is 2. The number of halogens is 2. The number of methoxy groups -OCH3 is 2. The van der Waals surface area contributed by atoms with Gasteiger partial charge >= 0.3 is 0 Å². The van der Waals surface area contributed by atoms with Crippen molar-refractivity contribution in [3.63, 3.8) is 0 Å². The highest BCUT2D eigenvalue weighted by Gasteiger charge is 2.15. The first-order valence-electron chi connectivity index (χ1n) is 6.04. The Morgan fingerprint density at radius 1 is 1.19 bits per heavy atom. The standard InChI is InChI=1S/C12H19BrN2O4S.ClH/c1-18-8-7-14-5-6-15-20(16,17)10-3-4-11(13)12(9-10)19-2;/h3-4,9,14-15H,5-8H2,1-2H3;1H. The van der Waals surface area contributed by atoms with E-state index in [-0.39, 0.29) is 17.3 Å². The van der Waals surface area contributed by atoms with Crippen LogP contribution >= 0.6 is 28.3 Å². The molecule has 0 amide bonds. The van der Waals surface area contributed by atoms with E-state index in [0.29, 0.717) is 36.5 Å². The van der Waals surface area contributed by atoms with Crippen molar-refractivity contribution in [2.75, 3.05) is 40.5 Å². The zero-order valence-electron chi connectivity index (χ0n) is 11.9. The van der Waals surface area contributed by atoms with E-state index in [1.165, 1.54) is 19.2 Å². The molecule has 0 aromatic heterocycles. The van der Waals surface area contributed by atoms with E-state index in [1.807, 2.05) is 0 Å². The maximum atomic E-state index is 12.1. The third-order valence-corrected chi connectivity index (χ3v) is 4.62. The Morgan fingerprint density at radius 2 is 1.90 bits per heavy atom. The van der Waals surface area contributed by atoms with Crippen LogP contribution in [0.15, 0.2) is 27.6 Å². The number of nitrogens with one attached hydrogen (secondary N) is 2. The topological polar surface area (TPSA) is 76.7 Å². The van der Waals surface area contributed by atoms with E-state index in [4.69, 9.17) is 9.47 Å². The Labute approximate surface area is 140 Å². The minimum atomic E-state index is -3.52. The molecule has 0 bridgehead atoms. The first-order valence-corrected chi connectivity index (χ1v) is 8.31. The van der Waals surface area contributed by atoms with Gasteiger partial charge in [-0.25, -0.2) is 13.1 Å². The first-order chi connectivity index (χ1) is 9.51. The molecular formula is C12H20BrClN2O4S. The third kappa shape index (κ3) is 6.94. The summed E-state index contributed by atoms with van der Waals surface area (Å²) >= 11 is 3.28. The second-order valence-corrected chi connectivity index (χ2v) is 6.56. The molecule has 0 saturated heterocycles. The predicted octanol–water partition coefficient (Wildman–Crippen LogP) is 1.39. The van der Waals surface area contributed by atoms with Crippen LogP contribution in [0.2, 0.25) is 0 Å². The number of benzene rings is 1. The summed E-state index contributed by atoms with van der Waals surface area (Å²) in [7, 11) is -0.418. The predicted molar refractivity (Wildman–Crippen MR) is 87.9 cm³/mol. The van der Waals surface area contributed by atoms with E-state index >= 15 is 0 Å². The van der Waals surface area contributed by atoms with Gasteiger partial charge in [0.25, 0.3) is 0 Å². The second kappa shape index (κ2) is 10.4. The third-order valence-electron chi connectivity index (χ3n) is 2.51. The molecule has 1 aromatic carbocycles. The van der Waals surface area contributed by atoms with Crippen molar-refractivity contribution in [3.8, 4) is 5.75 Å². The smallest absolute Gasteiger partial charge is 0.240 e. The average molecular weight is 404 g/mol. The van der Waals surface area contributed by atoms with E-state index in [0.717, 1.165) is 0 Å². The molecule has 6 nitrogen and oxygen atoms in total. The lowest BCUT2D eigenvalue weighted by atomic mass is 10.3. The maximum absolute atomic E-state index is 12.1. The summed E-state index contributed by atoms with van der Waals surface area (Å²) in [6.45, 7) is 2.13. The Morgan fingerprint density at radius 3 is 2.52 bits per heavy atom. The summed E-state index contributed by atoms with van der Waals surface area (Å²) in [4.78, 5) is 0.175. The van der Waals surface area contributed by atoms with Crippen molar-refractivity contribution in [1.29, 1.82) is 0 Å². The Hall–Kier alpha value is -0.380. The van der Waals surface area contributed by atoms with Crippen LogP contribution in [0.5, 0.6) is 5.75 Å². The normalized spacial score (nSPS) is 11.0. The maximum Gasteiger partial charge on any atom is 0.240 e. The van der Waals surface area contributed by atoms with Gasteiger partial charge in [-0.2, -0.15) is 0 Å². The van der Waals surface area contributed by atoms with Crippen LogP contribution in [-0.4, -0.2) is 48.9 Å². The molecule has 0 radical (unpaired) electrons. The fourth-order valence-electron chi connectivity index (χ4n) is 1.46. The van der Waals surface area contributed by atoms with Gasteiger partial charge in [-0.15, -0.1) is 12.4 Å². The molecule has 0 aliphatic carbocycles. The molecule has 0 fully saturated rings. The van der Waals surface area contributed by atoms with Crippen molar-refractivity contribution < 1.29 is 17.9 Å². The summed E-state index contributed by atoms with van der Waals surface area (Å²) in [6, 6.07) is 4.64. The quantitative estimate of drug-likeness (QED) is 0.609. The van der Waals surface area contributed by atoms with E-state index in [2.05, 4.69) is 26.0 Å². The van der Waals surface area contributed by atoms with Crippen molar-refractivity contribution in [2.24, 2.45) is 0 Å². The van der Waals surface area contributed by atoms with Gasteiger partial charge in [0.15, 0.2) is 0 Å². The molecule has 1 rings (SSSR count). The highest BCUT2D eigenvalue weighted by molar-refractivity contribution is 9.10. The fourth-order valence-corrected chi connectivity index (χ4v) is 2.92. The van der Waals surface area contributed by atoms with Crippen LogP contribution in [0.4, 0.5) is 0 Å². The monoisotopic (exact) mass is 402 g/mol. The van der Waals surface area contributed by atoms with E-state index in [1.54, 1.807) is 13.2 Å². The van der Waals surface area contributed by atoms with Crippen molar-refractivity contribution >= 4 is 38.4 Å². The fraction of sp³-hybridized carbons (Fsp3) is 0.500. The number of hydrogen-bond acceptors (Lipinski definition) is 5. The summed E-state index contributed by atoms with van der Waals surface area (Å²) < 4.78 is 37.3. The lowest BCUT2D eigenvalue weighted by Gasteiger charge is -2.09. The Bertz CT molecular complexity index is 528. The average Bonchev–Trinajstić information content (AvgIpc) is 2.43. The van der Waals surface area contributed by atoms with Gasteiger partial charge in [0, 0.05) is 32.8 Å². The van der Waals surface area contributed by atoms with Gasteiger partial charge in [0.2, 0.25) is 10.0 Å². The molecule has 0 unspecified atom stereocenters. The van der Waals surface area contributed by atoms with Crippen molar-refractivity contribution in [2.45, 2.75) is 4.90 Å². The van der Waals surface area contributed by atoms with Crippen molar-refractivity contribution in [1.82, 2.24) is 10.0 Å². The summed E-state index contributed by atoms with van der Waals surface area (Å²) in [5.74, 6) is 0.478. The number of rotatable bonds is 9. The van der Waals surface area contributed by atoms with Crippen LogP contribution < -0.4 is 14.8 Å². The molecule has 0 aliphatic heterocycles. The Kier molecular flexibility index (Phi) is 10.2. The van der Waals surface area contributed by atoms with E-state index < -0.39 is 10.0 Å². The first kappa shape index (κ1) is 20.6. The Balaban J connectivity index is 0.00000400. The molecule has 0 saturated carbocycles.